The number of hydrogen-bond donors (Lipinski definition) is 0. The van der Waals surface area contributed by atoms with Gasteiger partial charge in [-0.25, -0.2) is 0 Å². The van der Waals surface area contributed by atoms with Crippen molar-refractivity contribution < 1.29 is 78.0 Å². The Bertz CT molecular complexity index is 675. The maximum absolute atomic E-state index is 10.3. The summed E-state index contributed by atoms with van der Waals surface area (Å²) in [5, 5.41) is 2.92. The molecule has 0 unspecified atom stereocenters. The zero-order valence-electron chi connectivity index (χ0n) is 19.1. The molecule has 0 saturated heterocycles. The van der Waals surface area contributed by atoms with E-state index in [1.807, 2.05) is 0 Å². The van der Waals surface area contributed by atoms with Gasteiger partial charge in [-0.1, -0.05) is 106 Å². The first-order chi connectivity index (χ1) is 14.1. The van der Waals surface area contributed by atoms with E-state index in [0.717, 1.165) is 19.3 Å². The number of phosphoric ester groups is 1. The summed E-state index contributed by atoms with van der Waals surface area (Å²) in [6.45, 7) is 0.0239. The molecule has 0 heterocycles. The molecule has 0 aromatic heterocycles. The second kappa shape index (κ2) is 19.3. The summed E-state index contributed by atoms with van der Waals surface area (Å²) in [7, 11) is -5.06. The van der Waals surface area contributed by atoms with Gasteiger partial charge in [0.1, 0.15) is 0 Å². The van der Waals surface area contributed by atoms with Gasteiger partial charge in [-0.3, -0.25) is 0 Å². The largest absolute Gasteiger partial charge is 1.00 e. The number of rotatable bonds is 15. The van der Waals surface area contributed by atoms with E-state index >= 15 is 0 Å². The monoisotopic (exact) mass is 480 g/mol. The molecule has 31 heavy (non-hydrogen) atoms. The van der Waals surface area contributed by atoms with Crippen molar-refractivity contribution in [1.29, 1.82) is 0 Å². The Morgan fingerprint density at radius 2 is 1.03 bits per heavy atom. The first-order valence-corrected chi connectivity index (χ1v) is 13.6. The van der Waals surface area contributed by atoms with Gasteiger partial charge in [0.05, 0.1) is 14.4 Å². The Morgan fingerprint density at radius 3 is 1.45 bits per heavy atom. The smallest absolute Gasteiger partial charge is 0.790 e. The van der Waals surface area contributed by atoms with Crippen molar-refractivity contribution in [3.05, 3.63) is 60.7 Å². The van der Waals surface area contributed by atoms with Gasteiger partial charge in [0, 0.05) is 0 Å². The van der Waals surface area contributed by atoms with Crippen LogP contribution in [0.1, 0.15) is 57.8 Å². The molecule has 2 aromatic rings. The van der Waals surface area contributed by atoms with Crippen molar-refractivity contribution in [2.24, 2.45) is 0 Å². The van der Waals surface area contributed by atoms with Crippen LogP contribution < -0.4 is 79.5 Å². The number of benzene rings is 2. The molecule has 0 atom stereocenters. The van der Waals surface area contributed by atoms with Gasteiger partial charge in [-0.15, -0.1) is 0 Å². The number of phosphoric acid groups is 1. The fraction of sp³-hybridized carbons (Fsp3) is 0.478. The SMILES string of the molecule is O=P([O-])([O-])OCCCCCCCCCCCP(c1ccccc1)c1ccccc1.[Na+].[Na+]. The average Bonchev–Trinajstić information content (AvgIpc) is 2.72. The molecule has 0 bridgehead atoms. The van der Waals surface area contributed by atoms with Gasteiger partial charge < -0.3 is 18.9 Å². The minimum Gasteiger partial charge on any atom is -0.790 e. The van der Waals surface area contributed by atoms with E-state index in [9.17, 15) is 14.4 Å². The Morgan fingerprint density at radius 1 is 0.645 bits per heavy atom. The van der Waals surface area contributed by atoms with E-state index in [2.05, 4.69) is 65.2 Å². The molecule has 0 N–H and O–H groups in total. The molecule has 160 valence electrons. The van der Waals surface area contributed by atoms with Gasteiger partial charge in [0.2, 0.25) is 0 Å². The molecular formula is C23H32Na2O4P2. The second-order valence-corrected chi connectivity index (χ2v) is 10.8. The van der Waals surface area contributed by atoms with Crippen LogP contribution in [-0.2, 0) is 9.09 Å². The predicted molar refractivity (Wildman–Crippen MR) is 119 cm³/mol. The van der Waals surface area contributed by atoms with Crippen molar-refractivity contribution in [3.8, 4) is 0 Å². The van der Waals surface area contributed by atoms with E-state index in [0.29, 0.717) is 6.42 Å². The molecule has 0 amide bonds. The molecule has 2 aromatic carbocycles. The Balaban J connectivity index is 0.00000450. The molecule has 4 nitrogen and oxygen atoms in total. The number of hydrogen-bond acceptors (Lipinski definition) is 4. The summed E-state index contributed by atoms with van der Waals surface area (Å²) < 4.78 is 14.6. The quantitative estimate of drug-likeness (QED) is 0.177. The summed E-state index contributed by atoms with van der Waals surface area (Å²) in [6, 6.07) is 21.8. The molecule has 0 saturated carbocycles. The van der Waals surface area contributed by atoms with Gasteiger partial charge in [-0.2, -0.15) is 0 Å². The van der Waals surface area contributed by atoms with E-state index in [1.165, 1.54) is 48.9 Å². The first-order valence-electron chi connectivity index (χ1n) is 10.6. The average molecular weight is 480 g/mol. The van der Waals surface area contributed by atoms with Crippen LogP contribution in [0.5, 0.6) is 0 Å². The first kappa shape index (κ1) is 32.0. The summed E-state index contributed by atoms with van der Waals surface area (Å²) in [5.74, 6) is 0. The Hall–Kier alpha value is 0.980. The third-order valence-electron chi connectivity index (χ3n) is 4.91. The zero-order valence-corrected chi connectivity index (χ0v) is 24.9. The summed E-state index contributed by atoms with van der Waals surface area (Å²) in [4.78, 5) is 20.7. The van der Waals surface area contributed by atoms with Gasteiger partial charge in [0.15, 0.2) is 0 Å². The van der Waals surface area contributed by atoms with Crippen LogP contribution in [0.15, 0.2) is 60.7 Å². The van der Waals surface area contributed by atoms with Gasteiger partial charge in [0.25, 0.3) is 0 Å². The van der Waals surface area contributed by atoms with Crippen molar-refractivity contribution in [3.63, 3.8) is 0 Å². The molecule has 0 aliphatic rings. The Labute approximate surface area is 233 Å². The Kier molecular flexibility index (Phi) is 19.9. The summed E-state index contributed by atoms with van der Waals surface area (Å²) in [6.07, 6.45) is 11.3. The molecule has 8 heteroatoms. The summed E-state index contributed by atoms with van der Waals surface area (Å²) >= 11 is 0. The van der Waals surface area contributed by atoms with E-state index in [1.54, 1.807) is 0 Å². The molecule has 0 aliphatic carbocycles. The maximum Gasteiger partial charge on any atom is 1.00 e. The third-order valence-corrected chi connectivity index (χ3v) is 8.02. The van der Waals surface area contributed by atoms with Crippen LogP contribution in [0.3, 0.4) is 0 Å². The standard InChI is InChI=1S/C23H34O4P2.2Na/c24-29(25,26)27-20-14-6-4-2-1-3-5-7-15-21-28(22-16-10-8-11-17-22)23-18-12-9-13-19-23;;/h8-13,16-19H,1-7,14-15,20-21H2,(H2,24,25,26);;/q;2*+1/p-2. The topological polar surface area (TPSA) is 72.4 Å². The van der Waals surface area contributed by atoms with Crippen molar-refractivity contribution in [1.82, 2.24) is 0 Å². The van der Waals surface area contributed by atoms with Crippen molar-refractivity contribution in [2.75, 3.05) is 12.8 Å². The van der Waals surface area contributed by atoms with Crippen LogP contribution in [-0.4, -0.2) is 12.8 Å². The minimum absolute atomic E-state index is 0. The third kappa shape index (κ3) is 15.5. The van der Waals surface area contributed by atoms with Crippen LogP contribution in [0, 0.1) is 0 Å². The molecule has 0 radical (unpaired) electrons. The predicted octanol–water partition coefficient (Wildman–Crippen LogP) is -1.52. The molecule has 0 fully saturated rings. The fourth-order valence-corrected chi connectivity index (χ4v) is 6.18. The summed E-state index contributed by atoms with van der Waals surface area (Å²) in [5.41, 5.74) is 0. The molecular weight excluding hydrogens is 448 g/mol. The minimum atomic E-state index is -4.79. The van der Waals surface area contributed by atoms with E-state index in [-0.39, 0.29) is 73.6 Å². The van der Waals surface area contributed by atoms with Gasteiger partial charge >= 0.3 is 59.1 Å². The molecule has 0 aliphatic heterocycles. The molecule has 2 rings (SSSR count). The normalized spacial score (nSPS) is 11.1. The van der Waals surface area contributed by atoms with E-state index in [4.69, 9.17) is 0 Å². The number of unbranched alkanes of at least 4 members (excludes halogenated alkanes) is 8. The van der Waals surface area contributed by atoms with Crippen LogP contribution in [0.2, 0.25) is 0 Å². The van der Waals surface area contributed by atoms with Crippen LogP contribution in [0.4, 0.5) is 0 Å². The maximum atomic E-state index is 10.3. The van der Waals surface area contributed by atoms with Crippen molar-refractivity contribution in [2.45, 2.75) is 57.8 Å². The van der Waals surface area contributed by atoms with Crippen LogP contribution in [0.25, 0.3) is 0 Å². The van der Waals surface area contributed by atoms with E-state index < -0.39 is 7.82 Å². The van der Waals surface area contributed by atoms with Crippen LogP contribution >= 0.6 is 15.7 Å². The van der Waals surface area contributed by atoms with Crippen molar-refractivity contribution >= 4 is 26.4 Å². The zero-order chi connectivity index (χ0) is 20.8. The second-order valence-electron chi connectivity index (χ2n) is 7.29. The fourth-order valence-electron chi connectivity index (χ4n) is 3.41. The van der Waals surface area contributed by atoms with Gasteiger partial charge in [-0.05, 0) is 37.5 Å². The molecule has 0 spiro atoms.